The number of rotatable bonds is 2. The monoisotopic (exact) mass is 640 g/mol. The maximum Gasteiger partial charge on any atom is 3.00 e. The molecule has 0 heterocycles. The first kappa shape index (κ1) is 34.8. The number of hydrogen-bond acceptors (Lipinski definition) is 2. The predicted molar refractivity (Wildman–Crippen MR) is 83.9 cm³/mol. The van der Waals surface area contributed by atoms with E-state index in [0.29, 0.717) is 12.1 Å². The molecule has 0 bridgehead atoms. The first-order valence-corrected chi connectivity index (χ1v) is 7.83. The van der Waals surface area contributed by atoms with Gasteiger partial charge in [0.25, 0.3) is 0 Å². The first-order chi connectivity index (χ1) is 14.2. The van der Waals surface area contributed by atoms with Crippen molar-refractivity contribution in [2.24, 2.45) is 0 Å². The van der Waals surface area contributed by atoms with Crippen molar-refractivity contribution in [3.05, 3.63) is 71.8 Å². The Labute approximate surface area is 207 Å². The molecule has 2 aromatic carbocycles. The van der Waals surface area contributed by atoms with E-state index in [4.69, 9.17) is 0 Å². The smallest absolute Gasteiger partial charge is 1.00 e. The second-order valence-electron chi connectivity index (χ2n) is 5.91. The minimum absolute atomic E-state index is 0. The molecule has 16 heteroatoms. The molecular formula is C18H8ClF12O2Sb. The molecule has 2 nitrogen and oxygen atoms in total. The van der Waals surface area contributed by atoms with Crippen LogP contribution in [0.2, 0.25) is 0 Å². The quantitative estimate of drug-likeness (QED) is 0.363. The minimum Gasteiger partial charge on any atom is -1.00 e. The van der Waals surface area contributed by atoms with Crippen molar-refractivity contribution in [3.8, 4) is 0 Å². The molecule has 0 unspecified atom stereocenters. The molecule has 0 spiro atoms. The van der Waals surface area contributed by atoms with Gasteiger partial charge in [0.1, 0.15) is 11.2 Å². The fourth-order valence-corrected chi connectivity index (χ4v) is 2.16. The van der Waals surface area contributed by atoms with Crippen molar-refractivity contribution < 1.29 is 75.3 Å². The van der Waals surface area contributed by atoms with Crippen LogP contribution in [0.25, 0.3) is 0 Å². The topological polar surface area (TPSA) is 46.1 Å². The standard InChI is InChI=1S/2C9H4F6O.ClH.Sb/c2*10-8(11,12)7(16,9(13,14)15)6-4-2-1-3-5-6;;/h2*1-4H;1H;/q2*-1;;+3/p-1. The van der Waals surface area contributed by atoms with E-state index in [1.165, 1.54) is 0 Å². The Morgan fingerprint density at radius 2 is 0.735 bits per heavy atom. The summed E-state index contributed by atoms with van der Waals surface area (Å²) in [6.45, 7) is 0. The SMILES string of the molecule is [Cl-].[O-]C(c1[c]cccc1)(C(F)(F)F)C(F)(F)F.[O-]C(c1[c]cccc1)(C(F)(F)F)C(F)(F)F.[Sb+3]. The van der Waals surface area contributed by atoms with Crippen molar-refractivity contribution in [3.63, 3.8) is 0 Å². The van der Waals surface area contributed by atoms with Crippen molar-refractivity contribution in [1.82, 2.24) is 0 Å². The van der Waals surface area contributed by atoms with Gasteiger partial charge in [0.15, 0.2) is 0 Å². The van der Waals surface area contributed by atoms with E-state index < -0.39 is 47.0 Å². The Morgan fingerprint density at radius 1 is 0.500 bits per heavy atom. The summed E-state index contributed by atoms with van der Waals surface area (Å²) in [5.41, 5.74) is -13.3. The van der Waals surface area contributed by atoms with Gasteiger partial charge >= 0.3 is 49.1 Å². The zero-order chi connectivity index (χ0) is 25.2. The van der Waals surface area contributed by atoms with E-state index in [1.807, 2.05) is 0 Å². The molecule has 4 radical (unpaired) electrons. The maximum absolute atomic E-state index is 12.2. The first-order valence-electron chi connectivity index (χ1n) is 7.83. The Balaban J connectivity index is 0. The third-order valence-electron chi connectivity index (χ3n) is 3.77. The van der Waals surface area contributed by atoms with Crippen molar-refractivity contribution in [2.75, 3.05) is 0 Å². The summed E-state index contributed by atoms with van der Waals surface area (Å²) in [4.78, 5) is 0. The molecule has 188 valence electrons. The van der Waals surface area contributed by atoms with E-state index in [0.717, 1.165) is 36.4 Å². The minimum atomic E-state index is -5.97. The van der Waals surface area contributed by atoms with Crippen LogP contribution in [-0.4, -0.2) is 49.1 Å². The Morgan fingerprint density at radius 3 is 0.882 bits per heavy atom. The fourth-order valence-electron chi connectivity index (χ4n) is 2.16. The Hall–Kier alpha value is -1.37. The fraction of sp³-hybridized carbons (Fsp3) is 0.333. The normalized spacial score (nSPS) is 13.1. The molecule has 0 atom stereocenters. The second kappa shape index (κ2) is 11.6. The summed E-state index contributed by atoms with van der Waals surface area (Å²) in [6.07, 6.45) is -23.9. The van der Waals surface area contributed by atoms with E-state index >= 15 is 0 Å². The zero-order valence-electron chi connectivity index (χ0n) is 15.8. The summed E-state index contributed by atoms with van der Waals surface area (Å²) >= 11 is 0. The molecule has 0 N–H and O–H groups in total. The van der Waals surface area contributed by atoms with Gasteiger partial charge in [-0.25, -0.2) is 0 Å². The van der Waals surface area contributed by atoms with Gasteiger partial charge in [0.2, 0.25) is 0 Å². The molecule has 0 aliphatic carbocycles. The summed E-state index contributed by atoms with van der Waals surface area (Å²) < 4.78 is 147. The number of hydrogen-bond donors (Lipinski definition) is 0. The van der Waals surface area contributed by atoms with Crippen LogP contribution in [0.1, 0.15) is 11.1 Å². The number of alkyl halides is 12. The van der Waals surface area contributed by atoms with Crippen molar-refractivity contribution >= 4 is 24.4 Å². The van der Waals surface area contributed by atoms with Crippen LogP contribution in [0.5, 0.6) is 0 Å². The molecule has 0 saturated heterocycles. The van der Waals surface area contributed by atoms with E-state index in [-0.39, 0.29) is 36.8 Å². The summed E-state index contributed by atoms with van der Waals surface area (Å²) in [6, 6.07) is 10.0. The zero-order valence-corrected chi connectivity index (χ0v) is 19.1. The average Bonchev–Trinajstić information content (AvgIpc) is 2.65. The van der Waals surface area contributed by atoms with Crippen LogP contribution in [0, 0.1) is 12.1 Å². The number of benzene rings is 2. The largest absolute Gasteiger partial charge is 3.00 e. The molecule has 0 amide bonds. The van der Waals surface area contributed by atoms with Gasteiger partial charge in [-0.15, -0.1) is 0 Å². The van der Waals surface area contributed by atoms with Crippen LogP contribution < -0.4 is 22.6 Å². The van der Waals surface area contributed by atoms with Crippen LogP contribution in [-0.2, 0) is 11.2 Å². The van der Waals surface area contributed by atoms with Gasteiger partial charge in [-0.2, -0.15) is 52.7 Å². The third-order valence-corrected chi connectivity index (χ3v) is 3.77. The molecule has 34 heavy (non-hydrogen) atoms. The maximum atomic E-state index is 12.2. The molecular weight excluding hydrogens is 633 g/mol. The summed E-state index contributed by atoms with van der Waals surface area (Å²) in [5.74, 6) is 0. The van der Waals surface area contributed by atoms with Crippen molar-refractivity contribution in [2.45, 2.75) is 35.9 Å². The summed E-state index contributed by atoms with van der Waals surface area (Å²) in [7, 11) is 0. The van der Waals surface area contributed by atoms with Crippen LogP contribution in [0.15, 0.2) is 48.5 Å². The van der Waals surface area contributed by atoms with E-state index in [2.05, 4.69) is 0 Å². The van der Waals surface area contributed by atoms with Gasteiger partial charge in [-0.3, -0.25) is 0 Å². The van der Waals surface area contributed by atoms with Crippen LogP contribution >= 0.6 is 0 Å². The predicted octanol–water partition coefficient (Wildman–Crippen LogP) is 0.957. The molecule has 2 rings (SSSR count). The molecule has 0 aromatic heterocycles. The summed E-state index contributed by atoms with van der Waals surface area (Å²) in [5, 5.41) is 22.1. The molecule has 0 aliphatic heterocycles. The number of halogens is 13. The molecule has 2 aromatic rings. The van der Waals surface area contributed by atoms with Crippen molar-refractivity contribution in [1.29, 1.82) is 0 Å². The van der Waals surface area contributed by atoms with Gasteiger partial charge in [-0.05, 0) is 23.3 Å². The Bertz CT molecular complexity index is 763. The van der Waals surface area contributed by atoms with Gasteiger partial charge in [0.05, 0.1) is 0 Å². The van der Waals surface area contributed by atoms with Crippen LogP contribution in [0.3, 0.4) is 0 Å². The molecule has 0 fully saturated rings. The van der Waals surface area contributed by atoms with Gasteiger partial charge in [0, 0.05) is 0 Å². The second-order valence-corrected chi connectivity index (χ2v) is 5.91. The van der Waals surface area contributed by atoms with Gasteiger partial charge < -0.3 is 22.6 Å². The van der Waals surface area contributed by atoms with E-state index in [1.54, 1.807) is 12.1 Å². The molecule has 0 saturated carbocycles. The average molecular weight is 641 g/mol. The van der Waals surface area contributed by atoms with E-state index in [9.17, 15) is 62.9 Å². The Kier molecular flexibility index (Phi) is 11.8. The molecule has 0 aliphatic rings. The van der Waals surface area contributed by atoms with Gasteiger partial charge in [-0.1, -0.05) is 48.5 Å². The third kappa shape index (κ3) is 6.85. The van der Waals surface area contributed by atoms with Crippen LogP contribution in [0.4, 0.5) is 52.7 Å².